The first kappa shape index (κ1) is 23.8. The van der Waals surface area contributed by atoms with Crippen LogP contribution in [0.15, 0.2) is 59.2 Å². The van der Waals surface area contributed by atoms with Crippen molar-refractivity contribution in [2.45, 2.75) is 25.8 Å². The van der Waals surface area contributed by atoms with E-state index >= 15 is 0 Å². The lowest BCUT2D eigenvalue weighted by atomic mass is 9.84. The number of rotatable bonds is 8. The second kappa shape index (κ2) is 10.8. The predicted octanol–water partition coefficient (Wildman–Crippen LogP) is 3.22. The second-order valence-electron chi connectivity index (χ2n) is 9.28. The van der Waals surface area contributed by atoms with Gasteiger partial charge in [-0.25, -0.2) is 0 Å². The quantitative estimate of drug-likeness (QED) is 0.480. The number of carbonyl (C=O) groups is 2. The number of benzene rings is 1. The van der Waals surface area contributed by atoms with Crippen LogP contribution in [-0.2, 0) is 16.1 Å². The number of furan rings is 1. The molecule has 1 aromatic carbocycles. The minimum atomic E-state index is -0.0339. The molecule has 0 atom stereocenters. The zero-order valence-corrected chi connectivity index (χ0v) is 20.5. The Kier molecular flexibility index (Phi) is 7.16. The minimum Gasteiger partial charge on any atom is -0.497 e. The predicted molar refractivity (Wildman–Crippen MR) is 134 cm³/mol. The Morgan fingerprint density at radius 2 is 1.89 bits per heavy atom. The maximum atomic E-state index is 13.1. The summed E-state index contributed by atoms with van der Waals surface area (Å²) in [5, 5.41) is 8.82. The molecule has 1 saturated carbocycles. The van der Waals surface area contributed by atoms with E-state index in [9.17, 15) is 9.59 Å². The number of carbonyl (C=O) groups excluding carboxylic acids is 2. The number of ether oxygens (including phenoxy) is 1. The highest BCUT2D eigenvalue weighted by atomic mass is 16.5. The fourth-order valence-corrected chi connectivity index (χ4v) is 4.59. The standard InChI is InChI=1S/C27H31N5O4/c1-35-22-8-3-7-21(17-22)24-10-11-25(29-28-24)30-12-14-31(15-13-30)26(33)19-32(18-23-9-4-16-36-23)27(34)20-5-2-6-20/h3-4,7-11,16-17,20H,2,5-6,12-15,18-19H2,1H3. The van der Waals surface area contributed by atoms with Crippen LogP contribution in [0.3, 0.4) is 0 Å². The lowest BCUT2D eigenvalue weighted by molar-refractivity contribution is -0.145. The van der Waals surface area contributed by atoms with Crippen molar-refractivity contribution in [2.75, 3.05) is 44.7 Å². The van der Waals surface area contributed by atoms with Gasteiger partial charge < -0.3 is 23.9 Å². The van der Waals surface area contributed by atoms with Crippen LogP contribution < -0.4 is 9.64 Å². The Hall–Kier alpha value is -3.88. The summed E-state index contributed by atoms with van der Waals surface area (Å²) in [6.07, 6.45) is 4.47. The van der Waals surface area contributed by atoms with Crippen molar-refractivity contribution in [3.63, 3.8) is 0 Å². The van der Waals surface area contributed by atoms with Crippen molar-refractivity contribution in [3.05, 3.63) is 60.6 Å². The van der Waals surface area contributed by atoms with Crippen molar-refractivity contribution < 1.29 is 18.7 Å². The van der Waals surface area contributed by atoms with Crippen LogP contribution in [0.25, 0.3) is 11.3 Å². The lowest BCUT2D eigenvalue weighted by Crippen LogP contribution is -2.52. The molecule has 3 heterocycles. The van der Waals surface area contributed by atoms with E-state index in [-0.39, 0.29) is 24.3 Å². The van der Waals surface area contributed by atoms with Gasteiger partial charge >= 0.3 is 0 Å². The van der Waals surface area contributed by atoms with E-state index < -0.39 is 0 Å². The fourth-order valence-electron chi connectivity index (χ4n) is 4.59. The Labute approximate surface area is 210 Å². The number of anilines is 1. The molecule has 0 bridgehead atoms. The van der Waals surface area contributed by atoms with Crippen LogP contribution in [-0.4, -0.2) is 71.6 Å². The highest BCUT2D eigenvalue weighted by Gasteiger charge is 2.32. The SMILES string of the molecule is COc1cccc(-c2ccc(N3CCN(C(=O)CN(Cc4ccco4)C(=O)C4CCC4)CC3)nn2)c1. The second-order valence-corrected chi connectivity index (χ2v) is 9.28. The normalized spacial score (nSPS) is 15.9. The summed E-state index contributed by atoms with van der Waals surface area (Å²) in [6.45, 7) is 2.87. The van der Waals surface area contributed by atoms with Gasteiger partial charge in [0.05, 0.1) is 25.6 Å². The Morgan fingerprint density at radius 3 is 2.53 bits per heavy atom. The van der Waals surface area contributed by atoms with Gasteiger partial charge in [-0.15, -0.1) is 10.2 Å². The summed E-state index contributed by atoms with van der Waals surface area (Å²) in [6, 6.07) is 15.3. The van der Waals surface area contributed by atoms with Gasteiger partial charge in [0.25, 0.3) is 0 Å². The zero-order valence-electron chi connectivity index (χ0n) is 20.5. The molecule has 0 unspecified atom stereocenters. The molecule has 2 fully saturated rings. The van der Waals surface area contributed by atoms with Gasteiger partial charge in [-0.05, 0) is 49.2 Å². The van der Waals surface area contributed by atoms with Crippen LogP contribution >= 0.6 is 0 Å². The highest BCUT2D eigenvalue weighted by Crippen LogP contribution is 2.29. The van der Waals surface area contributed by atoms with Crippen molar-refractivity contribution in [2.24, 2.45) is 5.92 Å². The van der Waals surface area contributed by atoms with E-state index in [1.165, 1.54) is 0 Å². The van der Waals surface area contributed by atoms with Crippen LogP contribution in [0.4, 0.5) is 5.82 Å². The molecule has 0 spiro atoms. The largest absolute Gasteiger partial charge is 0.497 e. The van der Waals surface area contributed by atoms with Crippen LogP contribution in [0.2, 0.25) is 0 Å². The maximum Gasteiger partial charge on any atom is 0.242 e. The van der Waals surface area contributed by atoms with E-state index in [1.807, 2.05) is 47.4 Å². The number of methoxy groups -OCH3 is 1. The maximum absolute atomic E-state index is 13.1. The van der Waals surface area contributed by atoms with Gasteiger partial charge in [0.2, 0.25) is 11.8 Å². The Bertz CT molecular complexity index is 1170. The first-order valence-corrected chi connectivity index (χ1v) is 12.4. The molecular weight excluding hydrogens is 458 g/mol. The molecule has 188 valence electrons. The third-order valence-corrected chi connectivity index (χ3v) is 6.99. The van der Waals surface area contributed by atoms with E-state index in [1.54, 1.807) is 24.3 Å². The van der Waals surface area contributed by atoms with Crippen molar-refractivity contribution >= 4 is 17.6 Å². The summed E-state index contributed by atoms with van der Waals surface area (Å²) < 4.78 is 10.7. The number of aromatic nitrogens is 2. The highest BCUT2D eigenvalue weighted by molar-refractivity contribution is 5.86. The average Bonchev–Trinajstić information content (AvgIpc) is 3.41. The number of hydrogen-bond acceptors (Lipinski definition) is 7. The first-order valence-electron chi connectivity index (χ1n) is 12.4. The average molecular weight is 490 g/mol. The van der Waals surface area contributed by atoms with E-state index in [4.69, 9.17) is 9.15 Å². The molecule has 1 aliphatic carbocycles. The summed E-state index contributed by atoms with van der Waals surface area (Å²) in [4.78, 5) is 31.7. The van der Waals surface area contributed by atoms with Gasteiger partial charge in [0, 0.05) is 37.7 Å². The van der Waals surface area contributed by atoms with Crippen LogP contribution in [0.1, 0.15) is 25.0 Å². The van der Waals surface area contributed by atoms with E-state index in [0.29, 0.717) is 38.5 Å². The van der Waals surface area contributed by atoms with Gasteiger partial charge in [0.15, 0.2) is 5.82 Å². The van der Waals surface area contributed by atoms with Gasteiger partial charge in [-0.1, -0.05) is 18.6 Å². The molecular formula is C27H31N5O4. The molecule has 2 aliphatic rings. The summed E-state index contributed by atoms with van der Waals surface area (Å²) in [5.41, 5.74) is 1.72. The molecule has 2 amide bonds. The molecule has 2 aromatic heterocycles. The smallest absolute Gasteiger partial charge is 0.242 e. The number of nitrogens with zero attached hydrogens (tertiary/aromatic N) is 5. The van der Waals surface area contributed by atoms with Gasteiger partial charge in [-0.3, -0.25) is 9.59 Å². The molecule has 0 N–H and O–H groups in total. The first-order chi connectivity index (χ1) is 17.6. The Balaban J connectivity index is 1.17. The van der Waals surface area contributed by atoms with Crippen molar-refractivity contribution in [3.8, 4) is 17.0 Å². The van der Waals surface area contributed by atoms with E-state index in [2.05, 4.69) is 15.1 Å². The molecule has 9 heteroatoms. The molecule has 5 rings (SSSR count). The fraction of sp³-hybridized carbons (Fsp3) is 0.407. The van der Waals surface area contributed by atoms with E-state index in [0.717, 1.165) is 42.1 Å². The third-order valence-electron chi connectivity index (χ3n) is 6.99. The molecule has 3 aromatic rings. The molecule has 1 aliphatic heterocycles. The number of amides is 2. The topological polar surface area (TPSA) is 92.0 Å². The molecule has 0 radical (unpaired) electrons. The van der Waals surface area contributed by atoms with Gasteiger partial charge in [-0.2, -0.15) is 0 Å². The molecule has 36 heavy (non-hydrogen) atoms. The van der Waals surface area contributed by atoms with Crippen LogP contribution in [0.5, 0.6) is 5.75 Å². The zero-order chi connectivity index (χ0) is 24.9. The van der Waals surface area contributed by atoms with Crippen LogP contribution in [0, 0.1) is 5.92 Å². The monoisotopic (exact) mass is 489 g/mol. The molecule has 1 saturated heterocycles. The van der Waals surface area contributed by atoms with Crippen molar-refractivity contribution in [1.29, 1.82) is 0 Å². The lowest BCUT2D eigenvalue weighted by Gasteiger charge is -2.37. The number of hydrogen-bond donors (Lipinski definition) is 0. The van der Waals surface area contributed by atoms with Crippen molar-refractivity contribution in [1.82, 2.24) is 20.0 Å². The summed E-state index contributed by atoms with van der Waals surface area (Å²) in [5.74, 6) is 2.30. The summed E-state index contributed by atoms with van der Waals surface area (Å²) >= 11 is 0. The van der Waals surface area contributed by atoms with Gasteiger partial charge in [0.1, 0.15) is 18.1 Å². The Morgan fingerprint density at radius 1 is 1.06 bits per heavy atom. The third kappa shape index (κ3) is 5.35. The minimum absolute atomic E-state index is 0.0307. The molecule has 9 nitrogen and oxygen atoms in total. The number of piperazine rings is 1. The summed E-state index contributed by atoms with van der Waals surface area (Å²) in [7, 11) is 1.64.